The van der Waals surface area contributed by atoms with Gasteiger partial charge < -0.3 is 21.3 Å². The summed E-state index contributed by atoms with van der Waals surface area (Å²) >= 11 is 1.74. The lowest BCUT2D eigenvalue weighted by Gasteiger charge is -2.30. The first-order chi connectivity index (χ1) is 12.3. The van der Waals surface area contributed by atoms with Crippen LogP contribution in [-0.4, -0.2) is 77.5 Å². The summed E-state index contributed by atoms with van der Waals surface area (Å²) in [5.74, 6) is -0.462. The van der Waals surface area contributed by atoms with Crippen molar-refractivity contribution in [3.8, 4) is 0 Å². The number of nitrogens with two attached hydrogens (primary N) is 1. The van der Waals surface area contributed by atoms with Crippen molar-refractivity contribution in [1.82, 2.24) is 19.8 Å². The van der Waals surface area contributed by atoms with E-state index in [1.807, 2.05) is 6.92 Å². The third-order valence-electron chi connectivity index (χ3n) is 4.30. The number of nitrogens with one attached hydrogen (secondary N) is 2. The molecule has 9 heteroatoms. The molecule has 0 aliphatic carbocycles. The summed E-state index contributed by atoms with van der Waals surface area (Å²) in [5, 5.41) is 6.22. The molecular weight excluding hydrogens is 354 g/mol. The molecule has 4 N–H and O–H groups in total. The predicted molar refractivity (Wildman–Crippen MR) is 104 cm³/mol. The summed E-state index contributed by atoms with van der Waals surface area (Å²) in [7, 11) is 1.74. The van der Waals surface area contributed by atoms with Gasteiger partial charge in [-0.2, -0.15) is 0 Å². The highest BCUT2D eigenvalue weighted by molar-refractivity contribution is 7.97. The zero-order valence-electron chi connectivity index (χ0n) is 16.2. The number of rotatable bonds is 12. The van der Waals surface area contributed by atoms with E-state index in [9.17, 15) is 14.4 Å². The maximum absolute atomic E-state index is 11.7. The zero-order chi connectivity index (χ0) is 19.7. The monoisotopic (exact) mass is 387 g/mol. The maximum Gasteiger partial charge on any atom is 0.240 e. The highest BCUT2D eigenvalue weighted by Gasteiger charge is 2.35. The van der Waals surface area contributed by atoms with Gasteiger partial charge in [0.15, 0.2) is 0 Å². The molecule has 0 saturated carbocycles. The fraction of sp³-hybridized carbons (Fsp3) is 0.824. The van der Waals surface area contributed by atoms with Crippen LogP contribution >= 0.6 is 11.9 Å². The van der Waals surface area contributed by atoms with Crippen LogP contribution in [0, 0.1) is 0 Å². The van der Waals surface area contributed by atoms with Crippen LogP contribution in [0.3, 0.4) is 0 Å². The van der Waals surface area contributed by atoms with Gasteiger partial charge in [0, 0.05) is 30.4 Å². The van der Waals surface area contributed by atoms with E-state index < -0.39 is 11.9 Å². The first-order valence-electron chi connectivity index (χ1n) is 9.16. The van der Waals surface area contributed by atoms with Crippen LogP contribution in [0.1, 0.15) is 40.0 Å². The Morgan fingerprint density at radius 1 is 1.35 bits per heavy atom. The Morgan fingerprint density at radius 2 is 2.04 bits per heavy atom. The molecule has 0 spiro atoms. The van der Waals surface area contributed by atoms with Crippen molar-refractivity contribution in [2.75, 3.05) is 26.7 Å². The molecule has 8 nitrogen and oxygen atoms in total. The number of primary amides is 1. The van der Waals surface area contributed by atoms with Crippen LogP contribution < -0.4 is 16.4 Å². The smallest absolute Gasteiger partial charge is 0.240 e. The topological polar surface area (TPSA) is 108 Å². The van der Waals surface area contributed by atoms with Gasteiger partial charge >= 0.3 is 0 Å². The first kappa shape index (κ1) is 22.7. The van der Waals surface area contributed by atoms with Gasteiger partial charge in [-0.3, -0.25) is 14.4 Å². The number of likely N-dealkylation sites (tertiary alicyclic amines) is 1. The highest BCUT2D eigenvalue weighted by atomic mass is 32.2. The molecule has 1 fully saturated rings. The summed E-state index contributed by atoms with van der Waals surface area (Å²) in [5.41, 5.74) is 5.39. The summed E-state index contributed by atoms with van der Waals surface area (Å²) < 4.78 is 2.23. The largest absolute Gasteiger partial charge is 0.368 e. The van der Waals surface area contributed by atoms with E-state index in [0.29, 0.717) is 24.8 Å². The predicted octanol–water partition coefficient (Wildman–Crippen LogP) is -0.0661. The molecule has 3 amide bonds. The number of hydrogen-bond donors (Lipinski definition) is 3. The molecule has 1 heterocycles. The normalized spacial score (nSPS) is 21.2. The van der Waals surface area contributed by atoms with Crippen molar-refractivity contribution < 1.29 is 14.4 Å². The Labute approximate surface area is 160 Å². The Morgan fingerprint density at radius 3 is 2.58 bits per heavy atom. The van der Waals surface area contributed by atoms with Crippen LogP contribution in [0.2, 0.25) is 0 Å². The second-order valence-electron chi connectivity index (χ2n) is 7.03. The summed E-state index contributed by atoms with van der Waals surface area (Å²) in [6.45, 7) is 8.02. The fourth-order valence-electron chi connectivity index (χ4n) is 3.26. The molecule has 0 aromatic rings. The van der Waals surface area contributed by atoms with Gasteiger partial charge in [-0.05, 0) is 33.2 Å². The van der Waals surface area contributed by atoms with E-state index in [1.54, 1.807) is 23.9 Å². The van der Waals surface area contributed by atoms with Crippen LogP contribution in [0.4, 0.5) is 0 Å². The van der Waals surface area contributed by atoms with Crippen LogP contribution in [0.15, 0.2) is 0 Å². The molecule has 0 aromatic carbocycles. The minimum Gasteiger partial charge on any atom is -0.368 e. The second kappa shape index (κ2) is 11.4. The van der Waals surface area contributed by atoms with Crippen molar-refractivity contribution in [2.45, 2.75) is 63.4 Å². The molecule has 150 valence electrons. The lowest BCUT2D eigenvalue weighted by molar-refractivity contribution is -0.130. The molecule has 1 saturated heterocycles. The van der Waals surface area contributed by atoms with E-state index in [2.05, 4.69) is 28.8 Å². The van der Waals surface area contributed by atoms with Crippen LogP contribution in [-0.2, 0) is 14.4 Å². The SMILES string of the molecule is CNCC(=O)NC(C)CN(CCC1CCC(C(N)=O)N1C=O)SC(C)C. The summed E-state index contributed by atoms with van der Waals surface area (Å²) in [6, 6.07) is -0.427. The van der Waals surface area contributed by atoms with E-state index >= 15 is 0 Å². The van der Waals surface area contributed by atoms with Gasteiger partial charge in [-0.1, -0.05) is 25.8 Å². The standard InChI is InChI=1S/C17H33N5O3S/c1-12(2)26-21(10-13(3)20-16(24)9-19-4)8-7-14-5-6-15(17(18)25)22(14)11-23/h11-15,19H,5-10H2,1-4H3,(H2,18,25)(H,20,24). The Hall–Kier alpha value is -1.32. The van der Waals surface area contributed by atoms with Crippen LogP contribution in [0.25, 0.3) is 0 Å². The van der Waals surface area contributed by atoms with Gasteiger partial charge in [-0.25, -0.2) is 4.31 Å². The average Bonchev–Trinajstić information content (AvgIpc) is 2.95. The second-order valence-corrected chi connectivity index (χ2v) is 8.70. The zero-order valence-corrected chi connectivity index (χ0v) is 17.1. The maximum atomic E-state index is 11.7. The number of amides is 3. The third kappa shape index (κ3) is 7.51. The molecule has 0 aromatic heterocycles. The highest BCUT2D eigenvalue weighted by Crippen LogP contribution is 2.26. The molecule has 1 aliphatic heterocycles. The molecular formula is C17H33N5O3S. The summed E-state index contributed by atoms with van der Waals surface area (Å²) in [6.07, 6.45) is 2.95. The van der Waals surface area contributed by atoms with Crippen molar-refractivity contribution >= 4 is 30.2 Å². The number of nitrogens with zero attached hydrogens (tertiary/aromatic N) is 2. The number of carbonyl (C=O) groups excluding carboxylic acids is 3. The average molecular weight is 388 g/mol. The van der Waals surface area contributed by atoms with E-state index in [1.165, 1.54) is 0 Å². The first-order valence-corrected chi connectivity index (χ1v) is 9.99. The number of likely N-dealkylation sites (N-methyl/N-ethyl adjacent to an activating group) is 1. The van der Waals surface area contributed by atoms with Gasteiger partial charge in [0.25, 0.3) is 0 Å². The van der Waals surface area contributed by atoms with Crippen molar-refractivity contribution in [3.63, 3.8) is 0 Å². The lowest BCUT2D eigenvalue weighted by Crippen LogP contribution is -2.45. The Balaban J connectivity index is 2.57. The fourth-order valence-corrected chi connectivity index (χ4v) is 4.38. The van der Waals surface area contributed by atoms with Crippen molar-refractivity contribution in [2.24, 2.45) is 5.73 Å². The van der Waals surface area contributed by atoms with Gasteiger partial charge in [0.2, 0.25) is 18.2 Å². The molecule has 3 unspecified atom stereocenters. The van der Waals surface area contributed by atoms with Gasteiger partial charge in [-0.15, -0.1) is 0 Å². The molecule has 0 bridgehead atoms. The van der Waals surface area contributed by atoms with Crippen molar-refractivity contribution in [3.05, 3.63) is 0 Å². The molecule has 0 radical (unpaired) electrons. The Bertz CT molecular complexity index is 477. The minimum atomic E-state index is -0.483. The third-order valence-corrected chi connectivity index (χ3v) is 5.35. The van der Waals surface area contributed by atoms with E-state index in [-0.39, 0.29) is 18.0 Å². The van der Waals surface area contributed by atoms with Crippen LogP contribution in [0.5, 0.6) is 0 Å². The molecule has 26 heavy (non-hydrogen) atoms. The number of hydrogen-bond acceptors (Lipinski definition) is 6. The van der Waals surface area contributed by atoms with Crippen molar-refractivity contribution in [1.29, 1.82) is 0 Å². The quantitative estimate of drug-likeness (QED) is 0.320. The Kier molecular flexibility index (Phi) is 9.97. The summed E-state index contributed by atoms with van der Waals surface area (Å²) in [4.78, 5) is 36.1. The molecule has 1 rings (SSSR count). The van der Waals surface area contributed by atoms with E-state index in [0.717, 1.165) is 25.8 Å². The van der Waals surface area contributed by atoms with Gasteiger partial charge in [0.1, 0.15) is 6.04 Å². The lowest BCUT2D eigenvalue weighted by atomic mass is 10.1. The van der Waals surface area contributed by atoms with E-state index in [4.69, 9.17) is 5.73 Å². The van der Waals surface area contributed by atoms with Gasteiger partial charge in [0.05, 0.1) is 6.54 Å². The minimum absolute atomic E-state index is 0.0196. The number of carbonyl (C=O) groups is 3. The molecule has 3 atom stereocenters. The molecule has 1 aliphatic rings.